The molecule has 0 spiro atoms. The molecule has 2 saturated heterocycles. The van der Waals surface area contributed by atoms with Crippen LogP contribution in [-0.4, -0.2) is 50.9 Å². The third-order valence-corrected chi connectivity index (χ3v) is 5.44. The van der Waals surface area contributed by atoms with Crippen LogP contribution >= 0.6 is 0 Å². The molecule has 3 heterocycles. The molecule has 1 amide bonds. The molecule has 2 aliphatic heterocycles. The van der Waals surface area contributed by atoms with E-state index in [0.29, 0.717) is 11.9 Å². The van der Waals surface area contributed by atoms with Gasteiger partial charge in [-0.05, 0) is 37.9 Å². The van der Waals surface area contributed by atoms with Gasteiger partial charge in [0.25, 0.3) is 0 Å². The number of amides is 1. The summed E-state index contributed by atoms with van der Waals surface area (Å²) in [4.78, 5) is 21.5. The molecule has 25 heavy (non-hydrogen) atoms. The summed E-state index contributed by atoms with van der Waals surface area (Å²) < 4.78 is 2.26. The Balaban J connectivity index is 1.53. The summed E-state index contributed by atoms with van der Waals surface area (Å²) in [5.41, 5.74) is 2.21. The van der Waals surface area contributed by atoms with Gasteiger partial charge in [0.2, 0.25) is 5.91 Å². The lowest BCUT2D eigenvalue weighted by atomic mass is 10.0. The normalized spacial score (nSPS) is 22.0. The number of para-hydroxylation sites is 2. The number of imidazole rings is 1. The van der Waals surface area contributed by atoms with E-state index >= 15 is 0 Å². The SMILES string of the molecule is C=CCn1c(CN2CCC[C@H](N3CCCC3=O)C2)nc2ccccc21. The smallest absolute Gasteiger partial charge is 0.222 e. The highest BCUT2D eigenvalue weighted by atomic mass is 16.2. The zero-order valence-electron chi connectivity index (χ0n) is 14.7. The van der Waals surface area contributed by atoms with Crippen LogP contribution < -0.4 is 0 Å². The largest absolute Gasteiger partial charge is 0.338 e. The number of hydrogen-bond acceptors (Lipinski definition) is 3. The van der Waals surface area contributed by atoms with Gasteiger partial charge in [-0.1, -0.05) is 18.2 Å². The standard InChI is InChI=1S/C20H26N4O/c1-2-11-24-18-9-4-3-8-17(18)21-19(24)15-22-12-5-7-16(14-22)23-13-6-10-20(23)25/h2-4,8-9,16H,1,5-7,10-15H2/t16-/m0/s1. The highest BCUT2D eigenvalue weighted by Crippen LogP contribution is 2.23. The van der Waals surface area contributed by atoms with Crippen molar-refractivity contribution < 1.29 is 4.79 Å². The average molecular weight is 338 g/mol. The van der Waals surface area contributed by atoms with Gasteiger partial charge >= 0.3 is 0 Å². The highest BCUT2D eigenvalue weighted by molar-refractivity contribution is 5.78. The van der Waals surface area contributed by atoms with E-state index in [1.807, 2.05) is 12.1 Å². The Labute approximate surface area is 148 Å². The van der Waals surface area contributed by atoms with Crippen LogP contribution in [-0.2, 0) is 17.9 Å². The van der Waals surface area contributed by atoms with Crippen molar-refractivity contribution in [3.63, 3.8) is 0 Å². The maximum absolute atomic E-state index is 12.1. The van der Waals surface area contributed by atoms with Crippen LogP contribution in [0.5, 0.6) is 0 Å². The first-order chi connectivity index (χ1) is 12.3. The van der Waals surface area contributed by atoms with Gasteiger partial charge in [0.05, 0.1) is 17.6 Å². The Morgan fingerprint density at radius 2 is 2.12 bits per heavy atom. The quantitative estimate of drug-likeness (QED) is 0.787. The molecule has 0 bridgehead atoms. The van der Waals surface area contributed by atoms with Crippen LogP contribution in [0.1, 0.15) is 31.5 Å². The topological polar surface area (TPSA) is 41.4 Å². The average Bonchev–Trinajstić information content (AvgIpc) is 3.20. The monoisotopic (exact) mass is 338 g/mol. The van der Waals surface area contributed by atoms with Crippen LogP contribution in [0.25, 0.3) is 11.0 Å². The van der Waals surface area contributed by atoms with E-state index in [-0.39, 0.29) is 0 Å². The maximum atomic E-state index is 12.1. The molecule has 5 nitrogen and oxygen atoms in total. The van der Waals surface area contributed by atoms with Gasteiger partial charge in [-0.2, -0.15) is 0 Å². The number of aromatic nitrogens is 2. The Hall–Kier alpha value is -2.14. The van der Waals surface area contributed by atoms with Crippen LogP contribution in [0.2, 0.25) is 0 Å². The van der Waals surface area contributed by atoms with Gasteiger partial charge < -0.3 is 9.47 Å². The summed E-state index contributed by atoms with van der Waals surface area (Å²) in [7, 11) is 0. The third-order valence-electron chi connectivity index (χ3n) is 5.44. The van der Waals surface area contributed by atoms with Crippen molar-refractivity contribution in [1.29, 1.82) is 0 Å². The number of likely N-dealkylation sites (tertiary alicyclic amines) is 2. The second-order valence-electron chi connectivity index (χ2n) is 7.14. The van der Waals surface area contributed by atoms with Crippen molar-refractivity contribution >= 4 is 16.9 Å². The highest BCUT2D eigenvalue weighted by Gasteiger charge is 2.31. The number of rotatable bonds is 5. The van der Waals surface area contributed by atoms with Gasteiger partial charge in [0.15, 0.2) is 0 Å². The fourth-order valence-electron chi connectivity index (χ4n) is 4.26. The summed E-state index contributed by atoms with van der Waals surface area (Å²) >= 11 is 0. The molecular weight excluding hydrogens is 312 g/mol. The van der Waals surface area contributed by atoms with Crippen molar-refractivity contribution in [2.45, 2.75) is 44.8 Å². The first-order valence-electron chi connectivity index (χ1n) is 9.33. The molecule has 1 aromatic heterocycles. The predicted octanol–water partition coefficient (Wildman–Crippen LogP) is 2.81. The maximum Gasteiger partial charge on any atom is 0.222 e. The number of allylic oxidation sites excluding steroid dienone is 1. The molecule has 0 unspecified atom stereocenters. The number of carbonyl (C=O) groups excluding carboxylic acids is 1. The fourth-order valence-corrected chi connectivity index (χ4v) is 4.26. The number of nitrogens with zero attached hydrogens (tertiary/aromatic N) is 4. The lowest BCUT2D eigenvalue weighted by Crippen LogP contribution is -2.48. The van der Waals surface area contributed by atoms with E-state index in [0.717, 1.165) is 69.7 Å². The van der Waals surface area contributed by atoms with Crippen molar-refractivity contribution in [2.24, 2.45) is 0 Å². The predicted molar refractivity (Wildman–Crippen MR) is 99.2 cm³/mol. The van der Waals surface area contributed by atoms with Gasteiger partial charge in [-0.25, -0.2) is 4.98 Å². The van der Waals surface area contributed by atoms with E-state index in [2.05, 4.69) is 39.1 Å². The van der Waals surface area contributed by atoms with E-state index in [1.54, 1.807) is 0 Å². The lowest BCUT2D eigenvalue weighted by molar-refractivity contribution is -0.130. The zero-order chi connectivity index (χ0) is 17.2. The van der Waals surface area contributed by atoms with Gasteiger partial charge in [-0.3, -0.25) is 9.69 Å². The Morgan fingerprint density at radius 3 is 2.92 bits per heavy atom. The minimum atomic E-state index is 0.339. The second kappa shape index (κ2) is 7.00. The number of fused-ring (bicyclic) bond motifs is 1. The zero-order valence-corrected chi connectivity index (χ0v) is 14.7. The molecule has 0 N–H and O–H groups in total. The molecule has 0 saturated carbocycles. The molecule has 132 valence electrons. The van der Waals surface area contributed by atoms with Gasteiger partial charge in [0, 0.05) is 32.1 Å². The molecule has 2 aliphatic rings. The van der Waals surface area contributed by atoms with Crippen LogP contribution in [0, 0.1) is 0 Å². The van der Waals surface area contributed by atoms with E-state index in [9.17, 15) is 4.79 Å². The van der Waals surface area contributed by atoms with Crippen LogP contribution in [0.4, 0.5) is 0 Å². The minimum absolute atomic E-state index is 0.339. The molecule has 4 rings (SSSR count). The van der Waals surface area contributed by atoms with Crippen molar-refractivity contribution in [1.82, 2.24) is 19.4 Å². The third kappa shape index (κ3) is 3.21. The molecule has 1 aromatic carbocycles. The number of carbonyl (C=O) groups is 1. The number of piperidine rings is 1. The summed E-state index contributed by atoms with van der Waals surface area (Å²) in [5.74, 6) is 1.43. The molecular formula is C20H26N4O. The fraction of sp³-hybridized carbons (Fsp3) is 0.500. The van der Waals surface area contributed by atoms with Crippen LogP contribution in [0.3, 0.4) is 0 Å². The summed E-state index contributed by atoms with van der Waals surface area (Å²) in [5, 5.41) is 0. The summed E-state index contributed by atoms with van der Waals surface area (Å²) in [6.07, 6.45) is 5.96. The number of benzene rings is 1. The molecule has 0 radical (unpaired) electrons. The van der Waals surface area contributed by atoms with E-state index in [1.165, 1.54) is 5.52 Å². The molecule has 2 fully saturated rings. The van der Waals surface area contributed by atoms with Crippen molar-refractivity contribution in [3.8, 4) is 0 Å². The molecule has 5 heteroatoms. The minimum Gasteiger partial charge on any atom is -0.338 e. The Bertz CT molecular complexity index is 781. The Kier molecular flexibility index (Phi) is 4.57. The first kappa shape index (κ1) is 16.3. The van der Waals surface area contributed by atoms with Gasteiger partial charge in [0.1, 0.15) is 5.82 Å². The first-order valence-corrected chi connectivity index (χ1v) is 9.33. The second-order valence-corrected chi connectivity index (χ2v) is 7.14. The summed E-state index contributed by atoms with van der Waals surface area (Å²) in [6.45, 7) is 8.48. The van der Waals surface area contributed by atoms with E-state index < -0.39 is 0 Å². The van der Waals surface area contributed by atoms with Crippen molar-refractivity contribution in [3.05, 3.63) is 42.7 Å². The molecule has 2 aromatic rings. The Morgan fingerprint density at radius 1 is 1.24 bits per heavy atom. The molecule has 0 aliphatic carbocycles. The molecule has 1 atom stereocenters. The lowest BCUT2D eigenvalue weighted by Gasteiger charge is -2.37. The van der Waals surface area contributed by atoms with Gasteiger partial charge in [-0.15, -0.1) is 6.58 Å². The summed E-state index contributed by atoms with van der Waals surface area (Å²) in [6, 6.07) is 8.66. The number of hydrogen-bond donors (Lipinski definition) is 0. The van der Waals surface area contributed by atoms with E-state index in [4.69, 9.17) is 4.98 Å². The van der Waals surface area contributed by atoms with Crippen molar-refractivity contribution in [2.75, 3.05) is 19.6 Å². The van der Waals surface area contributed by atoms with Crippen LogP contribution in [0.15, 0.2) is 36.9 Å².